The quantitative estimate of drug-likeness (QED) is 0.284. The number of hydrogen-bond acceptors (Lipinski definition) is 8. The fraction of sp³-hybridized carbons (Fsp3) is 0.472. The molecule has 4 aliphatic rings. The number of halogens is 2. The molecule has 8 rings (SSSR count). The Hall–Kier alpha value is -4.05. The average Bonchev–Trinajstić information content (AvgIpc) is 3.49. The fourth-order valence-electron chi connectivity index (χ4n) is 8.38. The van der Waals surface area contributed by atoms with Gasteiger partial charge in [0.05, 0.1) is 17.8 Å². The van der Waals surface area contributed by atoms with E-state index in [2.05, 4.69) is 25.8 Å². The van der Waals surface area contributed by atoms with Crippen LogP contribution in [0.15, 0.2) is 42.6 Å². The van der Waals surface area contributed by atoms with Crippen molar-refractivity contribution in [2.75, 3.05) is 42.6 Å². The number of aromatic nitrogens is 3. The van der Waals surface area contributed by atoms with Crippen molar-refractivity contribution >= 4 is 22.3 Å². The highest BCUT2D eigenvalue weighted by molar-refractivity contribution is 5.98. The van der Waals surface area contributed by atoms with Crippen LogP contribution in [-0.4, -0.2) is 69.5 Å². The smallest absolute Gasteiger partial charge is 0.318 e. The number of alkyl halides is 1. The number of nitrogens with zero attached hydrogens (tertiary/aromatic N) is 6. The lowest BCUT2D eigenvalue weighted by atomic mass is 9.95. The van der Waals surface area contributed by atoms with Crippen molar-refractivity contribution in [2.24, 2.45) is 0 Å². The summed E-state index contributed by atoms with van der Waals surface area (Å²) in [5.41, 5.74) is 5.43. The van der Waals surface area contributed by atoms with Crippen LogP contribution in [0.2, 0.25) is 0 Å². The Morgan fingerprint density at radius 3 is 2.83 bits per heavy atom. The molecule has 0 unspecified atom stereocenters. The molecule has 0 bridgehead atoms. The first-order valence-electron chi connectivity index (χ1n) is 16.7. The Morgan fingerprint density at radius 1 is 1.02 bits per heavy atom. The maximum absolute atomic E-state index is 15.0. The zero-order valence-corrected chi connectivity index (χ0v) is 26.3. The standard InChI is InChI=1S/C36H40F2N6O2/c1-2-27-29(38)9-8-23-16-26(45)17-32(33(23)27)42-15-10-28-31(21-42)40-35(46-22-36-11-5-14-44(36)20-25(37)18-36)41-34(28)43-13-4-7-30-24(19-43)6-3-12-39-30/h3,6,8-9,12,16-17,25,45H,2,4-5,7,10-11,13-15,18-22H2,1H3/t25-,36+/m1/s1. The Labute approximate surface area is 268 Å². The molecule has 240 valence electrons. The topological polar surface area (TPSA) is 77.9 Å². The molecule has 10 heteroatoms. The molecule has 0 amide bonds. The fourth-order valence-corrected chi connectivity index (χ4v) is 8.38. The number of anilines is 2. The van der Waals surface area contributed by atoms with Crippen molar-refractivity contribution in [1.29, 1.82) is 0 Å². The van der Waals surface area contributed by atoms with Gasteiger partial charge in [0.1, 0.15) is 30.2 Å². The third kappa shape index (κ3) is 5.11. The first-order valence-corrected chi connectivity index (χ1v) is 16.7. The summed E-state index contributed by atoms with van der Waals surface area (Å²) in [5, 5.41) is 12.3. The van der Waals surface area contributed by atoms with Crippen LogP contribution in [0.5, 0.6) is 11.8 Å². The number of fused-ring (bicyclic) bond motifs is 4. The van der Waals surface area contributed by atoms with Crippen LogP contribution >= 0.6 is 0 Å². The lowest BCUT2D eigenvalue weighted by Gasteiger charge is -2.35. The highest BCUT2D eigenvalue weighted by atomic mass is 19.1. The largest absolute Gasteiger partial charge is 0.508 e. The van der Waals surface area contributed by atoms with Gasteiger partial charge in [-0.05, 0) is 79.8 Å². The lowest BCUT2D eigenvalue weighted by Crippen LogP contribution is -2.43. The molecule has 6 heterocycles. The normalized spacial score (nSPS) is 22.9. The lowest BCUT2D eigenvalue weighted by molar-refractivity contribution is 0.107. The third-order valence-corrected chi connectivity index (χ3v) is 10.6. The molecular formula is C36H40F2N6O2. The Morgan fingerprint density at radius 2 is 1.93 bits per heavy atom. The maximum Gasteiger partial charge on any atom is 0.318 e. The Kier molecular flexibility index (Phi) is 7.43. The summed E-state index contributed by atoms with van der Waals surface area (Å²) in [6.45, 7) is 6.35. The van der Waals surface area contributed by atoms with Crippen LogP contribution in [0.4, 0.5) is 20.3 Å². The zero-order valence-electron chi connectivity index (χ0n) is 26.3. The van der Waals surface area contributed by atoms with Gasteiger partial charge in [-0.2, -0.15) is 9.97 Å². The predicted molar refractivity (Wildman–Crippen MR) is 174 cm³/mol. The molecule has 8 nitrogen and oxygen atoms in total. The van der Waals surface area contributed by atoms with Crippen LogP contribution in [0.25, 0.3) is 10.8 Å². The minimum atomic E-state index is -0.835. The average molecular weight is 627 g/mol. The van der Waals surface area contributed by atoms with Gasteiger partial charge in [-0.25, -0.2) is 8.78 Å². The van der Waals surface area contributed by atoms with Crippen molar-refractivity contribution in [2.45, 2.75) is 76.7 Å². The minimum Gasteiger partial charge on any atom is -0.508 e. The third-order valence-electron chi connectivity index (χ3n) is 10.6. The summed E-state index contributed by atoms with van der Waals surface area (Å²) >= 11 is 0. The number of phenolic OH excluding ortho intramolecular Hbond substituents is 1. The molecule has 2 aromatic heterocycles. The van der Waals surface area contributed by atoms with Crippen molar-refractivity contribution in [3.8, 4) is 11.8 Å². The van der Waals surface area contributed by atoms with Gasteiger partial charge in [0.2, 0.25) is 0 Å². The highest BCUT2D eigenvalue weighted by Crippen LogP contribution is 2.42. The first kappa shape index (κ1) is 29.4. The SMILES string of the molecule is CCc1c(F)ccc2cc(O)cc(N3CCc4c(nc(OC[C@@]56CCCN5C[C@H](F)C6)nc4N4CCCc5ncccc5C4)C3)c12. The van der Waals surface area contributed by atoms with Crippen LogP contribution in [0.1, 0.15) is 60.7 Å². The van der Waals surface area contributed by atoms with Crippen LogP contribution in [-0.2, 0) is 32.4 Å². The Bertz CT molecular complexity index is 1800. The molecule has 2 aromatic carbocycles. The van der Waals surface area contributed by atoms with Crippen molar-refractivity contribution < 1.29 is 18.6 Å². The second kappa shape index (κ2) is 11.6. The number of pyridine rings is 1. The van der Waals surface area contributed by atoms with E-state index in [1.54, 1.807) is 18.2 Å². The first-order chi connectivity index (χ1) is 22.4. The van der Waals surface area contributed by atoms with Gasteiger partial charge in [-0.3, -0.25) is 9.88 Å². The summed E-state index contributed by atoms with van der Waals surface area (Å²) in [6, 6.07) is 11.1. The van der Waals surface area contributed by atoms with E-state index in [0.29, 0.717) is 63.6 Å². The number of hydrogen-bond donors (Lipinski definition) is 1. The van der Waals surface area contributed by atoms with E-state index in [0.717, 1.165) is 78.0 Å². The highest BCUT2D eigenvalue weighted by Gasteiger charge is 2.49. The molecule has 4 aromatic rings. The molecule has 2 fully saturated rings. The van der Waals surface area contributed by atoms with Crippen molar-refractivity contribution in [1.82, 2.24) is 19.9 Å². The molecule has 0 aliphatic carbocycles. The molecule has 2 atom stereocenters. The van der Waals surface area contributed by atoms with Crippen LogP contribution in [0.3, 0.4) is 0 Å². The number of rotatable bonds is 6. The Balaban J connectivity index is 1.18. The van der Waals surface area contributed by atoms with Gasteiger partial charge < -0.3 is 19.6 Å². The molecule has 0 spiro atoms. The number of aromatic hydroxyl groups is 1. The van der Waals surface area contributed by atoms with E-state index < -0.39 is 6.17 Å². The summed E-state index contributed by atoms with van der Waals surface area (Å²) < 4.78 is 36.0. The van der Waals surface area contributed by atoms with E-state index in [1.165, 1.54) is 11.6 Å². The molecule has 46 heavy (non-hydrogen) atoms. The number of ether oxygens (including phenoxy) is 1. The van der Waals surface area contributed by atoms with Gasteiger partial charge in [0, 0.05) is 67.2 Å². The van der Waals surface area contributed by atoms with E-state index in [1.807, 2.05) is 19.2 Å². The van der Waals surface area contributed by atoms with Gasteiger partial charge >= 0.3 is 6.01 Å². The summed E-state index contributed by atoms with van der Waals surface area (Å²) in [5.74, 6) is 0.792. The van der Waals surface area contributed by atoms with Gasteiger partial charge in [-0.1, -0.05) is 19.1 Å². The number of benzene rings is 2. The van der Waals surface area contributed by atoms with Gasteiger partial charge in [0.15, 0.2) is 0 Å². The predicted octanol–water partition coefficient (Wildman–Crippen LogP) is 5.90. The molecule has 2 saturated heterocycles. The molecule has 1 N–H and O–H groups in total. The van der Waals surface area contributed by atoms with E-state index in [9.17, 15) is 9.50 Å². The number of phenols is 1. The summed E-state index contributed by atoms with van der Waals surface area (Å²) in [6.07, 6.45) is 6.57. The van der Waals surface area contributed by atoms with Crippen molar-refractivity contribution in [3.05, 3.63) is 76.5 Å². The second-order valence-corrected chi connectivity index (χ2v) is 13.4. The summed E-state index contributed by atoms with van der Waals surface area (Å²) in [4.78, 5) is 21.5. The second-order valence-electron chi connectivity index (χ2n) is 13.4. The minimum absolute atomic E-state index is 0.148. The zero-order chi connectivity index (χ0) is 31.4. The van der Waals surface area contributed by atoms with E-state index in [-0.39, 0.29) is 17.1 Å². The molecule has 0 saturated carbocycles. The maximum atomic E-state index is 15.0. The van der Waals surface area contributed by atoms with Gasteiger partial charge in [-0.15, -0.1) is 0 Å². The molecular weight excluding hydrogens is 586 g/mol. The molecule has 4 aliphatic heterocycles. The van der Waals surface area contributed by atoms with E-state index in [4.69, 9.17) is 14.7 Å². The van der Waals surface area contributed by atoms with Crippen LogP contribution in [0, 0.1) is 5.82 Å². The number of aryl methyl sites for hydroxylation is 2. The van der Waals surface area contributed by atoms with Crippen LogP contribution < -0.4 is 14.5 Å². The summed E-state index contributed by atoms with van der Waals surface area (Å²) in [7, 11) is 0. The van der Waals surface area contributed by atoms with Gasteiger partial charge in [0.25, 0.3) is 0 Å². The van der Waals surface area contributed by atoms with E-state index >= 15 is 4.39 Å². The molecule has 0 radical (unpaired) electrons. The van der Waals surface area contributed by atoms with Crippen molar-refractivity contribution in [3.63, 3.8) is 0 Å². The monoisotopic (exact) mass is 626 g/mol.